The predicted octanol–water partition coefficient (Wildman–Crippen LogP) is 2.55. The minimum absolute atomic E-state index is 0.108. The first kappa shape index (κ1) is 14.6. The van der Waals surface area contributed by atoms with Gasteiger partial charge in [0.05, 0.1) is 0 Å². The zero-order valence-corrected chi connectivity index (χ0v) is 11.9. The Morgan fingerprint density at radius 1 is 1.30 bits per heavy atom. The molecule has 108 valence electrons. The molecule has 2 atom stereocenters. The molecule has 0 aromatic heterocycles. The lowest BCUT2D eigenvalue weighted by atomic mass is 10.0. The summed E-state index contributed by atoms with van der Waals surface area (Å²) in [6.45, 7) is 3.89. The molecule has 0 heterocycles. The number of benzene rings is 1. The molecule has 2 unspecified atom stereocenters. The molecule has 0 radical (unpaired) electrons. The number of rotatable bonds is 6. The number of hydrogen-bond donors (Lipinski definition) is 2. The van der Waals surface area contributed by atoms with Crippen LogP contribution >= 0.6 is 0 Å². The summed E-state index contributed by atoms with van der Waals surface area (Å²) in [7, 11) is 0. The molecule has 0 saturated heterocycles. The minimum atomic E-state index is -1.11. The van der Waals surface area contributed by atoms with E-state index < -0.39 is 11.5 Å². The van der Waals surface area contributed by atoms with E-state index >= 15 is 0 Å². The summed E-state index contributed by atoms with van der Waals surface area (Å²) in [6.07, 6.45) is 1.93. The largest absolute Gasteiger partial charge is 0.479 e. The highest BCUT2D eigenvalue weighted by molar-refractivity contribution is 5.92. The van der Waals surface area contributed by atoms with Gasteiger partial charge in [-0.25, -0.2) is 4.79 Å². The fourth-order valence-corrected chi connectivity index (χ4v) is 2.76. The van der Waals surface area contributed by atoms with Crippen LogP contribution in [0.25, 0.3) is 0 Å². The first-order valence-corrected chi connectivity index (χ1v) is 7.15. The maximum Gasteiger partial charge on any atom is 0.330 e. The van der Waals surface area contributed by atoms with Gasteiger partial charge in [-0.05, 0) is 24.8 Å². The van der Waals surface area contributed by atoms with Crippen molar-refractivity contribution in [3.05, 3.63) is 35.9 Å². The Hall–Kier alpha value is -1.84. The van der Waals surface area contributed by atoms with E-state index in [1.54, 1.807) is 0 Å². The summed E-state index contributed by atoms with van der Waals surface area (Å²) < 4.78 is 0. The third-order valence-corrected chi connectivity index (χ3v) is 4.25. The first-order valence-electron chi connectivity index (χ1n) is 7.15. The predicted molar refractivity (Wildman–Crippen MR) is 76.4 cm³/mol. The van der Waals surface area contributed by atoms with Gasteiger partial charge in [0.1, 0.15) is 5.54 Å². The second-order valence-corrected chi connectivity index (χ2v) is 5.45. The maximum absolute atomic E-state index is 12.2. The molecule has 20 heavy (non-hydrogen) atoms. The summed E-state index contributed by atoms with van der Waals surface area (Å²) in [5.74, 6) is -1.32. The molecule has 1 fully saturated rings. The van der Waals surface area contributed by atoms with Crippen LogP contribution in [0.15, 0.2) is 30.3 Å². The molecule has 1 aromatic carbocycles. The lowest BCUT2D eigenvalue weighted by Crippen LogP contribution is -2.46. The first-order chi connectivity index (χ1) is 9.55. The van der Waals surface area contributed by atoms with E-state index in [2.05, 4.69) is 5.32 Å². The summed E-state index contributed by atoms with van der Waals surface area (Å²) in [6, 6.07) is 9.51. The molecule has 0 bridgehead atoms. The minimum Gasteiger partial charge on any atom is -0.479 e. The van der Waals surface area contributed by atoms with Gasteiger partial charge in [0.25, 0.3) is 0 Å². The number of aliphatic carboxylic acids is 1. The van der Waals surface area contributed by atoms with Gasteiger partial charge >= 0.3 is 5.97 Å². The Bertz CT molecular complexity index is 496. The number of carbonyl (C=O) groups is 2. The van der Waals surface area contributed by atoms with Crippen LogP contribution in [0.5, 0.6) is 0 Å². The maximum atomic E-state index is 12.2. The number of carboxylic acid groups (broad SMARTS) is 1. The third kappa shape index (κ3) is 2.55. The molecule has 0 aliphatic heterocycles. The van der Waals surface area contributed by atoms with Gasteiger partial charge in [0.15, 0.2) is 0 Å². The van der Waals surface area contributed by atoms with E-state index in [1.165, 1.54) is 0 Å². The molecule has 0 spiro atoms. The Labute approximate surface area is 119 Å². The highest BCUT2D eigenvalue weighted by Crippen LogP contribution is 2.51. The average Bonchev–Trinajstić information content (AvgIpc) is 3.17. The summed E-state index contributed by atoms with van der Waals surface area (Å²) in [5, 5.41) is 12.3. The van der Waals surface area contributed by atoms with Crippen LogP contribution in [0.4, 0.5) is 0 Å². The van der Waals surface area contributed by atoms with Crippen LogP contribution in [-0.4, -0.2) is 22.5 Å². The van der Waals surface area contributed by atoms with Crippen LogP contribution in [0, 0.1) is 5.92 Å². The molecule has 1 aliphatic rings. The van der Waals surface area contributed by atoms with Crippen molar-refractivity contribution in [2.24, 2.45) is 5.92 Å². The molecular weight excluding hydrogens is 254 g/mol. The highest BCUT2D eigenvalue weighted by atomic mass is 16.4. The molecule has 4 heteroatoms. The van der Waals surface area contributed by atoms with Crippen molar-refractivity contribution in [3.8, 4) is 0 Å². The summed E-state index contributed by atoms with van der Waals surface area (Å²) in [4.78, 5) is 23.8. The average molecular weight is 275 g/mol. The molecule has 2 rings (SSSR count). The van der Waals surface area contributed by atoms with Gasteiger partial charge in [-0.15, -0.1) is 0 Å². The topological polar surface area (TPSA) is 66.4 Å². The SMILES string of the molecule is CCC(CC)C(=O)NC1(C(=O)O)CC1c1ccccc1. The second-order valence-electron chi connectivity index (χ2n) is 5.45. The van der Waals surface area contributed by atoms with Gasteiger partial charge < -0.3 is 10.4 Å². The van der Waals surface area contributed by atoms with Crippen molar-refractivity contribution >= 4 is 11.9 Å². The quantitative estimate of drug-likeness (QED) is 0.838. The van der Waals surface area contributed by atoms with Crippen LogP contribution in [0.3, 0.4) is 0 Å². The van der Waals surface area contributed by atoms with Crippen molar-refractivity contribution in [1.29, 1.82) is 0 Å². The third-order valence-electron chi connectivity index (χ3n) is 4.25. The van der Waals surface area contributed by atoms with Crippen molar-refractivity contribution in [2.75, 3.05) is 0 Å². The van der Waals surface area contributed by atoms with Crippen LogP contribution < -0.4 is 5.32 Å². The van der Waals surface area contributed by atoms with Crippen molar-refractivity contribution in [1.82, 2.24) is 5.32 Å². The van der Waals surface area contributed by atoms with Crippen molar-refractivity contribution in [2.45, 2.75) is 44.6 Å². The Kier molecular flexibility index (Phi) is 4.12. The summed E-state index contributed by atoms with van der Waals surface area (Å²) in [5.41, 5.74) is -0.138. The fraction of sp³-hybridized carbons (Fsp3) is 0.500. The molecular formula is C16H21NO3. The van der Waals surface area contributed by atoms with E-state index in [9.17, 15) is 14.7 Å². The van der Waals surface area contributed by atoms with Gasteiger partial charge in [0, 0.05) is 11.8 Å². The van der Waals surface area contributed by atoms with Gasteiger partial charge in [-0.3, -0.25) is 4.79 Å². The molecule has 1 amide bonds. The number of carbonyl (C=O) groups excluding carboxylic acids is 1. The highest BCUT2D eigenvalue weighted by Gasteiger charge is 2.62. The van der Waals surface area contributed by atoms with E-state index in [0.29, 0.717) is 6.42 Å². The van der Waals surface area contributed by atoms with Crippen molar-refractivity contribution < 1.29 is 14.7 Å². The number of nitrogens with one attached hydrogen (secondary N) is 1. The number of hydrogen-bond acceptors (Lipinski definition) is 2. The second kappa shape index (κ2) is 5.65. The van der Waals surface area contributed by atoms with Gasteiger partial charge in [-0.2, -0.15) is 0 Å². The lowest BCUT2D eigenvalue weighted by Gasteiger charge is -2.19. The van der Waals surface area contributed by atoms with E-state index in [1.807, 2.05) is 44.2 Å². The standard InChI is InChI=1S/C16H21NO3/c1-3-11(4-2)14(18)17-16(15(19)20)10-13(16)12-8-6-5-7-9-12/h5-9,11,13H,3-4,10H2,1-2H3,(H,17,18)(H,19,20). The molecule has 4 nitrogen and oxygen atoms in total. The molecule has 1 aliphatic carbocycles. The Balaban J connectivity index is 2.14. The smallest absolute Gasteiger partial charge is 0.330 e. The molecule has 1 saturated carbocycles. The summed E-state index contributed by atoms with van der Waals surface area (Å²) >= 11 is 0. The van der Waals surface area contributed by atoms with Crippen LogP contribution in [-0.2, 0) is 9.59 Å². The normalized spacial score (nSPS) is 24.4. The van der Waals surface area contributed by atoms with Crippen molar-refractivity contribution in [3.63, 3.8) is 0 Å². The molecule has 1 aromatic rings. The van der Waals surface area contributed by atoms with E-state index in [-0.39, 0.29) is 17.7 Å². The Morgan fingerprint density at radius 2 is 1.90 bits per heavy atom. The van der Waals surface area contributed by atoms with E-state index in [4.69, 9.17) is 0 Å². The zero-order chi connectivity index (χ0) is 14.8. The fourth-order valence-electron chi connectivity index (χ4n) is 2.76. The number of amides is 1. The Morgan fingerprint density at radius 3 is 2.40 bits per heavy atom. The van der Waals surface area contributed by atoms with Gasteiger partial charge in [-0.1, -0.05) is 44.2 Å². The monoisotopic (exact) mass is 275 g/mol. The van der Waals surface area contributed by atoms with E-state index in [0.717, 1.165) is 18.4 Å². The van der Waals surface area contributed by atoms with Crippen LogP contribution in [0.2, 0.25) is 0 Å². The molecule has 2 N–H and O–H groups in total. The zero-order valence-electron chi connectivity index (χ0n) is 11.9. The number of carboxylic acids is 1. The van der Waals surface area contributed by atoms with Gasteiger partial charge in [0.2, 0.25) is 5.91 Å². The van der Waals surface area contributed by atoms with Crippen LogP contribution in [0.1, 0.15) is 44.6 Å². The lowest BCUT2D eigenvalue weighted by molar-refractivity contribution is -0.144.